The molecular weight excluding hydrogens is 226 g/mol. The monoisotopic (exact) mass is 239 g/mol. The Kier molecular flexibility index (Phi) is 3.82. The number of likely N-dealkylation sites (N-methyl/N-ethyl adjacent to an activating group) is 1. The molecule has 2 aromatic rings. The fraction of sp³-hybridized carbons (Fsp3) is 0.400. The SMILES string of the molecule is CCNC(Cc1cccs1)c1cnns1. The van der Waals surface area contributed by atoms with E-state index in [-0.39, 0.29) is 0 Å². The van der Waals surface area contributed by atoms with Gasteiger partial charge in [0.2, 0.25) is 0 Å². The molecule has 15 heavy (non-hydrogen) atoms. The maximum Gasteiger partial charge on any atom is 0.0669 e. The third-order valence-electron chi connectivity index (χ3n) is 2.16. The zero-order chi connectivity index (χ0) is 10.5. The van der Waals surface area contributed by atoms with Crippen LogP contribution < -0.4 is 5.32 Å². The Morgan fingerprint density at radius 1 is 1.53 bits per heavy atom. The van der Waals surface area contributed by atoms with Crippen molar-refractivity contribution < 1.29 is 0 Å². The van der Waals surface area contributed by atoms with Gasteiger partial charge in [0.25, 0.3) is 0 Å². The number of hydrogen-bond donors (Lipinski definition) is 1. The van der Waals surface area contributed by atoms with Crippen LogP contribution in [-0.4, -0.2) is 16.1 Å². The highest BCUT2D eigenvalue weighted by Crippen LogP contribution is 2.22. The van der Waals surface area contributed by atoms with Crippen molar-refractivity contribution in [3.63, 3.8) is 0 Å². The van der Waals surface area contributed by atoms with Gasteiger partial charge in [-0.05, 0) is 29.5 Å². The molecule has 0 amide bonds. The Labute approximate surface area is 97.3 Å². The maximum absolute atomic E-state index is 3.91. The molecule has 5 heteroatoms. The van der Waals surface area contributed by atoms with Crippen LogP contribution in [0.4, 0.5) is 0 Å². The van der Waals surface area contributed by atoms with E-state index in [0.29, 0.717) is 6.04 Å². The lowest BCUT2D eigenvalue weighted by Gasteiger charge is -2.13. The summed E-state index contributed by atoms with van der Waals surface area (Å²) in [7, 11) is 0. The van der Waals surface area contributed by atoms with Gasteiger partial charge in [-0.2, -0.15) is 0 Å². The summed E-state index contributed by atoms with van der Waals surface area (Å²) in [6.45, 7) is 3.09. The van der Waals surface area contributed by atoms with E-state index in [2.05, 4.69) is 39.3 Å². The standard InChI is InChI=1S/C10H13N3S2/c1-2-11-9(10-7-12-13-15-10)6-8-4-3-5-14-8/h3-5,7,9,11H,2,6H2,1H3. The predicted octanol–water partition coefficient (Wildman–Crippen LogP) is 2.49. The van der Waals surface area contributed by atoms with E-state index >= 15 is 0 Å². The Morgan fingerprint density at radius 2 is 2.47 bits per heavy atom. The Hall–Kier alpha value is -0.780. The molecule has 0 saturated carbocycles. The van der Waals surface area contributed by atoms with Crippen LogP contribution in [0, 0.1) is 0 Å². The van der Waals surface area contributed by atoms with Gasteiger partial charge in [0, 0.05) is 17.3 Å². The van der Waals surface area contributed by atoms with Gasteiger partial charge in [-0.25, -0.2) is 0 Å². The normalized spacial score (nSPS) is 12.9. The first kappa shape index (κ1) is 10.7. The maximum atomic E-state index is 3.91. The lowest BCUT2D eigenvalue weighted by Crippen LogP contribution is -2.21. The van der Waals surface area contributed by atoms with Crippen LogP contribution >= 0.6 is 22.9 Å². The molecule has 0 fully saturated rings. The zero-order valence-electron chi connectivity index (χ0n) is 8.51. The average Bonchev–Trinajstić information content (AvgIpc) is 2.89. The minimum atomic E-state index is 0.355. The summed E-state index contributed by atoms with van der Waals surface area (Å²) in [6, 6.07) is 4.62. The van der Waals surface area contributed by atoms with Crippen molar-refractivity contribution in [2.24, 2.45) is 0 Å². The van der Waals surface area contributed by atoms with Gasteiger partial charge in [-0.3, -0.25) is 0 Å². The first-order chi connectivity index (χ1) is 7.40. The highest BCUT2D eigenvalue weighted by Gasteiger charge is 2.13. The second-order valence-electron chi connectivity index (χ2n) is 3.21. The Bertz CT molecular complexity index is 369. The molecule has 1 atom stereocenters. The average molecular weight is 239 g/mol. The van der Waals surface area contributed by atoms with E-state index in [1.165, 1.54) is 21.3 Å². The van der Waals surface area contributed by atoms with Crippen molar-refractivity contribution >= 4 is 22.9 Å². The van der Waals surface area contributed by atoms with Gasteiger partial charge in [-0.15, -0.1) is 16.4 Å². The summed E-state index contributed by atoms with van der Waals surface area (Å²) in [5, 5.41) is 9.46. The van der Waals surface area contributed by atoms with Crippen molar-refractivity contribution in [1.82, 2.24) is 14.9 Å². The summed E-state index contributed by atoms with van der Waals surface area (Å²) >= 11 is 3.27. The summed E-state index contributed by atoms with van der Waals surface area (Å²) in [4.78, 5) is 2.61. The fourth-order valence-corrected chi connectivity index (χ4v) is 2.81. The number of nitrogens with zero attached hydrogens (tertiary/aromatic N) is 2. The van der Waals surface area contributed by atoms with Crippen molar-refractivity contribution in [1.29, 1.82) is 0 Å². The molecule has 0 aliphatic heterocycles. The largest absolute Gasteiger partial charge is 0.309 e. The molecule has 0 aliphatic carbocycles. The van der Waals surface area contributed by atoms with Gasteiger partial charge in [0.15, 0.2) is 0 Å². The van der Waals surface area contributed by atoms with Gasteiger partial charge in [0.1, 0.15) is 0 Å². The van der Waals surface area contributed by atoms with Crippen molar-refractivity contribution in [3.05, 3.63) is 33.5 Å². The summed E-state index contributed by atoms with van der Waals surface area (Å²) in [5.74, 6) is 0. The second-order valence-corrected chi connectivity index (χ2v) is 5.06. The quantitative estimate of drug-likeness (QED) is 0.871. The minimum Gasteiger partial charge on any atom is -0.309 e. The number of thiophene rings is 1. The Morgan fingerprint density at radius 3 is 3.07 bits per heavy atom. The molecule has 0 saturated heterocycles. The van der Waals surface area contributed by atoms with E-state index < -0.39 is 0 Å². The minimum absolute atomic E-state index is 0.355. The van der Waals surface area contributed by atoms with Crippen molar-refractivity contribution in [2.45, 2.75) is 19.4 Å². The van der Waals surface area contributed by atoms with Crippen LogP contribution in [-0.2, 0) is 6.42 Å². The molecule has 1 unspecified atom stereocenters. The molecule has 2 rings (SSSR count). The third kappa shape index (κ3) is 2.84. The summed E-state index contributed by atoms with van der Waals surface area (Å²) in [5.41, 5.74) is 0. The molecule has 2 heterocycles. The van der Waals surface area contributed by atoms with E-state index in [0.717, 1.165) is 13.0 Å². The smallest absolute Gasteiger partial charge is 0.0669 e. The number of aromatic nitrogens is 2. The molecule has 0 aliphatic rings. The van der Waals surface area contributed by atoms with Crippen LogP contribution in [0.2, 0.25) is 0 Å². The lowest BCUT2D eigenvalue weighted by molar-refractivity contribution is 0.561. The fourth-order valence-electron chi connectivity index (χ4n) is 1.48. The molecule has 0 spiro atoms. The molecule has 2 aromatic heterocycles. The van der Waals surface area contributed by atoms with Crippen LogP contribution in [0.5, 0.6) is 0 Å². The lowest BCUT2D eigenvalue weighted by atomic mass is 10.1. The molecule has 3 nitrogen and oxygen atoms in total. The van der Waals surface area contributed by atoms with Crippen LogP contribution in [0.25, 0.3) is 0 Å². The van der Waals surface area contributed by atoms with Crippen molar-refractivity contribution in [3.8, 4) is 0 Å². The van der Waals surface area contributed by atoms with E-state index in [9.17, 15) is 0 Å². The number of nitrogens with one attached hydrogen (secondary N) is 1. The van der Waals surface area contributed by atoms with Gasteiger partial charge in [-0.1, -0.05) is 17.5 Å². The van der Waals surface area contributed by atoms with E-state index in [1.54, 1.807) is 11.3 Å². The van der Waals surface area contributed by atoms with Crippen LogP contribution in [0.15, 0.2) is 23.7 Å². The first-order valence-corrected chi connectivity index (χ1v) is 6.58. The topological polar surface area (TPSA) is 37.8 Å². The second kappa shape index (κ2) is 5.34. The van der Waals surface area contributed by atoms with Crippen LogP contribution in [0.3, 0.4) is 0 Å². The molecule has 0 aromatic carbocycles. The van der Waals surface area contributed by atoms with Crippen LogP contribution in [0.1, 0.15) is 22.7 Å². The van der Waals surface area contributed by atoms with E-state index in [1.807, 2.05) is 6.20 Å². The molecular formula is C10H13N3S2. The molecule has 1 N–H and O–H groups in total. The molecule has 0 bridgehead atoms. The van der Waals surface area contributed by atoms with E-state index in [4.69, 9.17) is 0 Å². The molecule has 0 radical (unpaired) electrons. The number of rotatable bonds is 5. The first-order valence-electron chi connectivity index (χ1n) is 4.93. The third-order valence-corrected chi connectivity index (χ3v) is 3.83. The zero-order valence-corrected chi connectivity index (χ0v) is 10.1. The number of hydrogen-bond acceptors (Lipinski definition) is 5. The van der Waals surface area contributed by atoms with Crippen molar-refractivity contribution in [2.75, 3.05) is 6.54 Å². The summed E-state index contributed by atoms with van der Waals surface area (Å²) < 4.78 is 3.91. The van der Waals surface area contributed by atoms with Gasteiger partial charge in [0.05, 0.1) is 11.1 Å². The predicted molar refractivity (Wildman–Crippen MR) is 64.3 cm³/mol. The van der Waals surface area contributed by atoms with Gasteiger partial charge >= 0.3 is 0 Å². The highest BCUT2D eigenvalue weighted by molar-refractivity contribution is 7.10. The Balaban J connectivity index is 2.07. The summed E-state index contributed by atoms with van der Waals surface area (Å²) in [6.07, 6.45) is 2.88. The highest BCUT2D eigenvalue weighted by atomic mass is 32.1. The molecule has 80 valence electrons. The van der Waals surface area contributed by atoms with Gasteiger partial charge < -0.3 is 5.32 Å².